The van der Waals surface area contributed by atoms with E-state index in [-0.39, 0.29) is 11.3 Å². The number of para-hydroxylation sites is 1. The Morgan fingerprint density at radius 3 is 2.47 bits per heavy atom. The summed E-state index contributed by atoms with van der Waals surface area (Å²) in [4.78, 5) is 13.4. The average molecular weight is 471 g/mol. The lowest BCUT2D eigenvalue weighted by Gasteiger charge is -2.11. The second-order valence-electron chi connectivity index (χ2n) is 7.63. The number of sulfone groups is 1. The second-order valence-corrected chi connectivity index (χ2v) is 10.8. The van der Waals surface area contributed by atoms with Crippen molar-refractivity contribution in [3.63, 3.8) is 0 Å². The van der Waals surface area contributed by atoms with E-state index >= 15 is 0 Å². The topological polar surface area (TPSA) is 86.3 Å². The molecule has 0 aliphatic carbocycles. The van der Waals surface area contributed by atoms with E-state index in [1.165, 1.54) is 11.8 Å². The molecule has 0 aliphatic rings. The third-order valence-corrected chi connectivity index (χ3v) is 8.19. The normalized spacial score (nSPS) is 12.0. The van der Waals surface area contributed by atoms with Gasteiger partial charge in [0.1, 0.15) is 0 Å². The lowest BCUT2D eigenvalue weighted by molar-refractivity contribution is 0.594. The molecule has 0 fully saturated rings. The molecule has 0 saturated carbocycles. The summed E-state index contributed by atoms with van der Waals surface area (Å²) in [5, 5.41) is 9.95. The molecule has 4 aromatic rings. The number of fused-ring (bicyclic) bond motifs is 3. The molecule has 0 aliphatic heterocycles. The molecule has 4 rings (SSSR count). The summed E-state index contributed by atoms with van der Waals surface area (Å²) in [5.74, 6) is 1.18. The van der Waals surface area contributed by atoms with Crippen molar-refractivity contribution in [3.05, 3.63) is 65.0 Å². The molecular weight excluding hydrogens is 444 g/mol. The van der Waals surface area contributed by atoms with Crippen molar-refractivity contribution in [2.75, 3.05) is 11.5 Å². The third kappa shape index (κ3) is 4.59. The minimum absolute atomic E-state index is 0.0536. The zero-order valence-electron chi connectivity index (χ0n) is 18.0. The number of aryl methyl sites for hydroxylation is 1. The molecular formula is C23H26N4O3S2. The molecule has 2 heterocycles. The first-order valence-electron chi connectivity index (χ1n) is 10.8. The fourth-order valence-electron chi connectivity index (χ4n) is 3.71. The van der Waals surface area contributed by atoms with E-state index in [4.69, 9.17) is 0 Å². The maximum absolute atomic E-state index is 13.1. The van der Waals surface area contributed by atoms with Crippen LogP contribution in [0.1, 0.15) is 32.6 Å². The first-order valence-corrected chi connectivity index (χ1v) is 13.4. The maximum Gasteiger partial charge on any atom is 0.262 e. The second kappa shape index (κ2) is 9.87. The highest BCUT2D eigenvalue weighted by Gasteiger charge is 2.17. The Morgan fingerprint density at radius 2 is 1.69 bits per heavy atom. The molecule has 32 heavy (non-hydrogen) atoms. The van der Waals surface area contributed by atoms with Gasteiger partial charge < -0.3 is 0 Å². The van der Waals surface area contributed by atoms with E-state index in [1.807, 2.05) is 28.7 Å². The van der Waals surface area contributed by atoms with Crippen LogP contribution in [0, 0.1) is 0 Å². The van der Waals surface area contributed by atoms with Gasteiger partial charge in [-0.3, -0.25) is 13.8 Å². The molecule has 0 saturated heterocycles. The number of rotatable bonds is 10. The van der Waals surface area contributed by atoms with E-state index in [9.17, 15) is 13.2 Å². The van der Waals surface area contributed by atoms with Crippen molar-refractivity contribution in [3.8, 4) is 0 Å². The van der Waals surface area contributed by atoms with Gasteiger partial charge in [0.2, 0.25) is 5.78 Å². The van der Waals surface area contributed by atoms with E-state index in [0.29, 0.717) is 39.9 Å². The van der Waals surface area contributed by atoms with Gasteiger partial charge in [0.15, 0.2) is 15.0 Å². The quantitative estimate of drug-likeness (QED) is 0.255. The fraction of sp³-hybridized carbons (Fsp3) is 0.348. The Bertz CT molecular complexity index is 1380. The molecule has 0 N–H and O–H groups in total. The Kier molecular flexibility index (Phi) is 6.95. The van der Waals surface area contributed by atoms with Gasteiger partial charge in [0.05, 0.1) is 21.6 Å². The molecule has 0 spiro atoms. The summed E-state index contributed by atoms with van der Waals surface area (Å²) in [5.41, 5.74) is 0.714. The zero-order valence-corrected chi connectivity index (χ0v) is 19.6. The average Bonchev–Trinajstić information content (AvgIpc) is 3.23. The van der Waals surface area contributed by atoms with Crippen molar-refractivity contribution in [1.29, 1.82) is 0 Å². The minimum atomic E-state index is -3.31. The SMILES string of the molecule is CCCCCn1c(=O)c2ccccc2n2c(SCCCS(=O)(=O)c3ccccc3)nnc12. The number of thioether (sulfide) groups is 1. The highest BCUT2D eigenvalue weighted by Crippen LogP contribution is 2.23. The van der Waals surface area contributed by atoms with Gasteiger partial charge in [-0.05, 0) is 37.1 Å². The van der Waals surface area contributed by atoms with Gasteiger partial charge >= 0.3 is 0 Å². The van der Waals surface area contributed by atoms with Crippen LogP contribution in [0.15, 0.2) is 69.4 Å². The standard InChI is InChI=1S/C23H26N4O3S2/c1-2-3-9-15-26-21(28)19-13-7-8-14-20(19)27-22(26)24-25-23(27)31-16-10-17-32(29,30)18-11-5-4-6-12-18/h4-8,11-14H,2-3,9-10,15-17H2,1H3. The highest BCUT2D eigenvalue weighted by atomic mass is 32.2. The van der Waals surface area contributed by atoms with E-state index in [0.717, 1.165) is 24.8 Å². The van der Waals surface area contributed by atoms with Gasteiger partial charge in [0, 0.05) is 12.3 Å². The summed E-state index contributed by atoms with van der Waals surface area (Å²) in [6.45, 7) is 2.72. The van der Waals surface area contributed by atoms with Gasteiger partial charge in [-0.15, -0.1) is 10.2 Å². The van der Waals surface area contributed by atoms with Gasteiger partial charge in [-0.25, -0.2) is 8.42 Å². The summed E-state index contributed by atoms with van der Waals surface area (Å²) >= 11 is 1.46. The van der Waals surface area contributed by atoms with Crippen LogP contribution in [0.2, 0.25) is 0 Å². The first-order chi connectivity index (χ1) is 15.5. The van der Waals surface area contributed by atoms with Crippen molar-refractivity contribution in [2.45, 2.75) is 49.2 Å². The molecule has 7 nitrogen and oxygen atoms in total. The van der Waals surface area contributed by atoms with E-state index in [2.05, 4.69) is 17.1 Å². The molecule has 2 aromatic heterocycles. The molecule has 0 atom stereocenters. The van der Waals surface area contributed by atoms with Crippen LogP contribution < -0.4 is 5.56 Å². The van der Waals surface area contributed by atoms with Crippen molar-refractivity contribution < 1.29 is 8.42 Å². The third-order valence-electron chi connectivity index (χ3n) is 5.35. The number of hydrogen-bond donors (Lipinski definition) is 0. The van der Waals surface area contributed by atoms with Crippen LogP contribution >= 0.6 is 11.8 Å². The first kappa shape index (κ1) is 22.5. The monoisotopic (exact) mass is 470 g/mol. The summed E-state index contributed by atoms with van der Waals surface area (Å²) in [7, 11) is -3.31. The molecule has 9 heteroatoms. The number of benzene rings is 2. The van der Waals surface area contributed by atoms with Crippen molar-refractivity contribution in [1.82, 2.24) is 19.2 Å². The summed E-state index contributed by atoms with van der Waals surface area (Å²) in [6.07, 6.45) is 3.50. The fourth-order valence-corrected chi connectivity index (χ4v) is 6.10. The lowest BCUT2D eigenvalue weighted by atomic mass is 10.2. The Hall–Kier alpha value is -2.65. The number of nitrogens with zero attached hydrogens (tertiary/aromatic N) is 4. The van der Waals surface area contributed by atoms with Gasteiger partial charge in [0.25, 0.3) is 5.56 Å². The summed E-state index contributed by atoms with van der Waals surface area (Å²) < 4.78 is 28.6. The molecule has 2 aromatic carbocycles. The number of hydrogen-bond acceptors (Lipinski definition) is 6. The Labute approximate surface area is 191 Å². The van der Waals surface area contributed by atoms with Crippen LogP contribution in [0.5, 0.6) is 0 Å². The molecule has 0 amide bonds. The predicted molar refractivity (Wildman–Crippen MR) is 128 cm³/mol. The highest BCUT2D eigenvalue weighted by molar-refractivity contribution is 7.99. The molecule has 0 unspecified atom stereocenters. The number of unbranched alkanes of at least 4 members (excludes halogenated alkanes) is 2. The largest absolute Gasteiger partial charge is 0.276 e. The van der Waals surface area contributed by atoms with E-state index in [1.54, 1.807) is 34.9 Å². The van der Waals surface area contributed by atoms with Crippen LogP contribution in [0.25, 0.3) is 16.7 Å². The van der Waals surface area contributed by atoms with Crippen LogP contribution in [0.3, 0.4) is 0 Å². The van der Waals surface area contributed by atoms with Crippen molar-refractivity contribution in [2.24, 2.45) is 0 Å². The number of aromatic nitrogens is 4. The molecule has 0 radical (unpaired) electrons. The summed E-state index contributed by atoms with van der Waals surface area (Å²) in [6, 6.07) is 16.0. The smallest absolute Gasteiger partial charge is 0.262 e. The van der Waals surface area contributed by atoms with Crippen LogP contribution in [-0.2, 0) is 16.4 Å². The lowest BCUT2D eigenvalue weighted by Crippen LogP contribution is -2.23. The maximum atomic E-state index is 13.1. The van der Waals surface area contributed by atoms with E-state index < -0.39 is 9.84 Å². The van der Waals surface area contributed by atoms with Gasteiger partial charge in [-0.2, -0.15) is 0 Å². The predicted octanol–water partition coefficient (Wildman–Crippen LogP) is 4.19. The Balaban J connectivity index is 1.58. The minimum Gasteiger partial charge on any atom is -0.276 e. The van der Waals surface area contributed by atoms with Gasteiger partial charge in [-0.1, -0.05) is 61.9 Å². The Morgan fingerprint density at radius 1 is 0.938 bits per heavy atom. The van der Waals surface area contributed by atoms with Crippen LogP contribution in [0.4, 0.5) is 0 Å². The van der Waals surface area contributed by atoms with Crippen LogP contribution in [-0.4, -0.2) is 39.1 Å². The molecule has 168 valence electrons. The van der Waals surface area contributed by atoms with Crippen molar-refractivity contribution >= 4 is 38.3 Å². The zero-order chi connectivity index (χ0) is 22.6. The molecule has 0 bridgehead atoms.